The van der Waals surface area contributed by atoms with Crippen molar-refractivity contribution in [2.24, 2.45) is 11.8 Å². The number of rotatable bonds is 4. The smallest absolute Gasteiger partial charge is 0.338 e. The van der Waals surface area contributed by atoms with Gasteiger partial charge in [0.1, 0.15) is 6.10 Å². The molecule has 0 aromatic heterocycles. The Morgan fingerprint density at radius 3 is 2.57 bits per heavy atom. The van der Waals surface area contributed by atoms with Crippen LogP contribution in [-0.4, -0.2) is 32.8 Å². The molecule has 0 N–H and O–H groups in total. The van der Waals surface area contributed by atoms with E-state index in [9.17, 15) is 9.59 Å². The van der Waals surface area contributed by atoms with Gasteiger partial charge in [-0.3, -0.25) is 4.79 Å². The predicted octanol–water partition coefficient (Wildman–Crippen LogP) is 4.90. The number of hydrogen-bond donors (Lipinski definition) is 0. The zero-order chi connectivity index (χ0) is 24.7. The number of carbonyl (C=O) groups is 2. The number of allylic oxidation sites excluding steroid dienone is 3. The van der Waals surface area contributed by atoms with Crippen LogP contribution >= 0.6 is 0 Å². The van der Waals surface area contributed by atoms with E-state index in [2.05, 4.69) is 13.8 Å². The summed E-state index contributed by atoms with van der Waals surface area (Å²) < 4.78 is 29.1. The van der Waals surface area contributed by atoms with Gasteiger partial charge in [0.15, 0.2) is 17.3 Å². The maximum absolute atomic E-state index is 13.2. The van der Waals surface area contributed by atoms with Gasteiger partial charge in [0.2, 0.25) is 18.3 Å². The molecule has 7 heteroatoms. The van der Waals surface area contributed by atoms with Gasteiger partial charge in [-0.15, -0.1) is 0 Å². The van der Waals surface area contributed by atoms with Crippen LogP contribution in [-0.2, 0) is 19.7 Å². The van der Waals surface area contributed by atoms with Crippen molar-refractivity contribution in [1.29, 1.82) is 0 Å². The number of fused-ring (bicyclic) bond motifs is 3. The first-order valence-electron chi connectivity index (χ1n) is 11.7. The standard InChI is InChI=1S/C28H28O7/c1-16-13-28(11-10-20(29)22(14-28)31-3)23-19(12-21-25(26(23)32-4)34-15-33-21)24(17(16)2)35-27(30)18-8-6-5-7-9-18/h5-12,14,16-17,24H,13,15H2,1-4H3. The number of carbonyl (C=O) groups excluding carboxylic acids is 2. The number of ketones is 1. The number of esters is 1. The van der Waals surface area contributed by atoms with Crippen LogP contribution < -0.4 is 14.2 Å². The Bertz CT molecular complexity index is 1230. The molecule has 1 aliphatic heterocycles. The van der Waals surface area contributed by atoms with Gasteiger partial charge in [-0.2, -0.15) is 0 Å². The molecule has 0 bridgehead atoms. The minimum Gasteiger partial charge on any atom is -0.493 e. The van der Waals surface area contributed by atoms with Gasteiger partial charge >= 0.3 is 5.97 Å². The highest BCUT2D eigenvalue weighted by Gasteiger charge is 2.47. The second-order valence-electron chi connectivity index (χ2n) is 9.29. The number of methoxy groups -OCH3 is 2. The van der Waals surface area contributed by atoms with Crippen molar-refractivity contribution in [2.75, 3.05) is 21.0 Å². The Morgan fingerprint density at radius 1 is 1.09 bits per heavy atom. The molecule has 182 valence electrons. The summed E-state index contributed by atoms with van der Waals surface area (Å²) >= 11 is 0. The van der Waals surface area contributed by atoms with E-state index >= 15 is 0 Å². The molecule has 0 radical (unpaired) electrons. The fourth-order valence-electron chi connectivity index (χ4n) is 5.36. The molecule has 7 nitrogen and oxygen atoms in total. The lowest BCUT2D eigenvalue weighted by atomic mass is 9.70. The molecule has 0 saturated heterocycles. The lowest BCUT2D eigenvalue weighted by molar-refractivity contribution is -0.114. The Morgan fingerprint density at radius 2 is 1.86 bits per heavy atom. The summed E-state index contributed by atoms with van der Waals surface area (Å²) in [6, 6.07) is 10.8. The summed E-state index contributed by atoms with van der Waals surface area (Å²) in [5.74, 6) is 1.25. The molecule has 35 heavy (non-hydrogen) atoms. The zero-order valence-electron chi connectivity index (χ0n) is 20.2. The first-order valence-corrected chi connectivity index (χ1v) is 11.7. The van der Waals surface area contributed by atoms with Gasteiger partial charge in [-0.25, -0.2) is 4.79 Å². The third kappa shape index (κ3) is 3.75. The summed E-state index contributed by atoms with van der Waals surface area (Å²) in [6.07, 6.45) is 5.35. The largest absolute Gasteiger partial charge is 0.493 e. The summed E-state index contributed by atoms with van der Waals surface area (Å²) in [4.78, 5) is 25.7. The van der Waals surface area contributed by atoms with E-state index in [1.54, 1.807) is 37.5 Å². The summed E-state index contributed by atoms with van der Waals surface area (Å²) in [7, 11) is 3.06. The van der Waals surface area contributed by atoms with Crippen LogP contribution in [0.3, 0.4) is 0 Å². The number of ether oxygens (including phenoxy) is 5. The molecular formula is C28H28O7. The maximum Gasteiger partial charge on any atom is 0.338 e. The van der Waals surface area contributed by atoms with Crippen LogP contribution in [0.1, 0.15) is 47.9 Å². The zero-order valence-corrected chi connectivity index (χ0v) is 20.2. The Labute approximate surface area is 204 Å². The van der Waals surface area contributed by atoms with Crippen molar-refractivity contribution < 1.29 is 33.3 Å². The molecule has 4 atom stereocenters. The van der Waals surface area contributed by atoms with Crippen molar-refractivity contribution in [1.82, 2.24) is 0 Å². The van der Waals surface area contributed by atoms with Gasteiger partial charge in [-0.05, 0) is 42.7 Å². The molecule has 0 amide bonds. The van der Waals surface area contributed by atoms with Crippen LogP contribution in [0.5, 0.6) is 17.2 Å². The van der Waals surface area contributed by atoms with Crippen molar-refractivity contribution in [2.45, 2.75) is 31.8 Å². The van der Waals surface area contributed by atoms with Crippen LogP contribution in [0.4, 0.5) is 0 Å². The van der Waals surface area contributed by atoms with Gasteiger partial charge in [0.25, 0.3) is 0 Å². The van der Waals surface area contributed by atoms with E-state index in [4.69, 9.17) is 23.7 Å². The average molecular weight is 477 g/mol. The van der Waals surface area contributed by atoms with Gasteiger partial charge < -0.3 is 23.7 Å². The third-order valence-electron chi connectivity index (χ3n) is 7.29. The lowest BCUT2D eigenvalue weighted by Gasteiger charge is -2.34. The van der Waals surface area contributed by atoms with Crippen molar-refractivity contribution >= 4 is 11.8 Å². The molecule has 0 saturated carbocycles. The maximum atomic E-state index is 13.2. The fraction of sp³-hybridized carbons (Fsp3) is 0.357. The van der Waals surface area contributed by atoms with E-state index < -0.39 is 17.5 Å². The molecule has 2 aromatic carbocycles. The second-order valence-corrected chi connectivity index (χ2v) is 9.29. The number of benzene rings is 2. The average Bonchev–Trinajstić information content (AvgIpc) is 3.33. The van der Waals surface area contributed by atoms with E-state index in [-0.39, 0.29) is 30.2 Å². The minimum absolute atomic E-state index is 0.0451. The molecule has 1 spiro atoms. The SMILES string of the molecule is COC1=CC2(C=CC1=O)CC(C)C(C)C(OC(=O)c1ccccc1)c1cc3c(c(OC)c12)OCO3. The lowest BCUT2D eigenvalue weighted by Crippen LogP contribution is -2.29. The number of hydrogen-bond acceptors (Lipinski definition) is 7. The quantitative estimate of drug-likeness (QED) is 0.581. The van der Waals surface area contributed by atoms with Crippen molar-refractivity contribution in [3.05, 3.63) is 77.1 Å². The van der Waals surface area contributed by atoms with E-state index in [0.717, 1.165) is 11.1 Å². The first-order chi connectivity index (χ1) is 16.9. The van der Waals surface area contributed by atoms with E-state index in [1.807, 2.05) is 24.3 Å². The Hall–Kier alpha value is -3.74. The summed E-state index contributed by atoms with van der Waals surface area (Å²) in [5, 5.41) is 0. The molecule has 4 unspecified atom stereocenters. The van der Waals surface area contributed by atoms with Crippen molar-refractivity contribution in [3.63, 3.8) is 0 Å². The third-order valence-corrected chi connectivity index (χ3v) is 7.29. The molecule has 5 rings (SSSR count). The second kappa shape index (κ2) is 8.80. The predicted molar refractivity (Wildman–Crippen MR) is 128 cm³/mol. The summed E-state index contributed by atoms with van der Waals surface area (Å²) in [5.41, 5.74) is 1.29. The molecular weight excluding hydrogens is 448 g/mol. The molecule has 3 aliphatic rings. The highest BCUT2D eigenvalue weighted by molar-refractivity contribution is 6.04. The molecule has 2 aliphatic carbocycles. The van der Waals surface area contributed by atoms with Gasteiger partial charge in [-0.1, -0.05) is 38.1 Å². The Balaban J connectivity index is 1.74. The normalized spacial score (nSPS) is 26.6. The summed E-state index contributed by atoms with van der Waals surface area (Å²) in [6.45, 7) is 4.26. The van der Waals surface area contributed by atoms with E-state index in [1.165, 1.54) is 7.11 Å². The molecule has 2 aromatic rings. The highest BCUT2D eigenvalue weighted by Crippen LogP contribution is 2.57. The monoisotopic (exact) mass is 476 g/mol. The van der Waals surface area contributed by atoms with Crippen LogP contribution in [0, 0.1) is 11.8 Å². The highest BCUT2D eigenvalue weighted by atomic mass is 16.7. The van der Waals surface area contributed by atoms with Gasteiger partial charge in [0, 0.05) is 22.5 Å². The minimum atomic E-state index is -0.734. The first kappa shape index (κ1) is 23.0. The van der Waals surface area contributed by atoms with Crippen molar-refractivity contribution in [3.8, 4) is 17.2 Å². The van der Waals surface area contributed by atoms with Crippen LogP contribution in [0.25, 0.3) is 0 Å². The van der Waals surface area contributed by atoms with Gasteiger partial charge in [0.05, 0.1) is 19.8 Å². The molecule has 0 fully saturated rings. The van der Waals surface area contributed by atoms with E-state index in [0.29, 0.717) is 29.2 Å². The van der Waals surface area contributed by atoms with Crippen LogP contribution in [0.15, 0.2) is 60.4 Å². The Kier molecular flexibility index (Phi) is 5.79. The molecule has 1 heterocycles. The van der Waals surface area contributed by atoms with Crippen LogP contribution in [0.2, 0.25) is 0 Å². The topological polar surface area (TPSA) is 80.3 Å². The fourth-order valence-corrected chi connectivity index (χ4v) is 5.36.